The second-order valence-corrected chi connectivity index (χ2v) is 7.57. The number of barbiturate groups is 1. The van der Waals surface area contributed by atoms with Gasteiger partial charge in [-0.25, -0.2) is 9.69 Å². The van der Waals surface area contributed by atoms with Crippen LogP contribution in [0.25, 0.3) is 17.4 Å². The van der Waals surface area contributed by atoms with Crippen LogP contribution in [0.5, 0.6) is 5.75 Å². The van der Waals surface area contributed by atoms with Crippen LogP contribution in [0.3, 0.4) is 0 Å². The number of nitrogens with zero attached hydrogens (tertiary/aromatic N) is 2. The number of aryl methyl sites for hydroxylation is 2. The molecule has 172 valence electrons. The van der Waals surface area contributed by atoms with Crippen LogP contribution < -0.4 is 15.0 Å². The van der Waals surface area contributed by atoms with Gasteiger partial charge in [0.15, 0.2) is 0 Å². The fourth-order valence-corrected chi connectivity index (χ4v) is 3.47. The first kappa shape index (κ1) is 22.5. The zero-order valence-corrected chi connectivity index (χ0v) is 18.4. The van der Waals surface area contributed by atoms with Crippen molar-refractivity contribution in [1.29, 1.82) is 0 Å². The van der Waals surface area contributed by atoms with Crippen LogP contribution in [-0.2, 0) is 9.59 Å². The van der Waals surface area contributed by atoms with E-state index in [2.05, 4.69) is 5.32 Å². The number of anilines is 1. The Bertz CT molecular complexity index is 1390. The normalized spacial score (nSPS) is 15.0. The van der Waals surface area contributed by atoms with Crippen molar-refractivity contribution < 1.29 is 28.5 Å². The molecule has 0 unspecified atom stereocenters. The Balaban J connectivity index is 1.68. The van der Waals surface area contributed by atoms with Gasteiger partial charge >= 0.3 is 6.03 Å². The van der Waals surface area contributed by atoms with E-state index in [1.54, 1.807) is 24.3 Å². The minimum absolute atomic E-state index is 0.143. The highest BCUT2D eigenvalue weighted by molar-refractivity contribution is 6.39. The summed E-state index contributed by atoms with van der Waals surface area (Å²) >= 11 is 0. The van der Waals surface area contributed by atoms with Crippen LogP contribution >= 0.6 is 0 Å². The molecule has 1 N–H and O–H groups in total. The Hall–Kier alpha value is -4.73. The second kappa shape index (κ2) is 8.66. The Morgan fingerprint density at radius 1 is 1.03 bits per heavy atom. The number of nitro groups is 1. The minimum atomic E-state index is -0.846. The van der Waals surface area contributed by atoms with E-state index in [-0.39, 0.29) is 22.8 Å². The highest BCUT2D eigenvalue weighted by atomic mass is 16.6. The molecule has 1 fully saturated rings. The number of carbonyl (C=O) groups excluding carboxylic acids is 3. The van der Waals surface area contributed by atoms with Crippen molar-refractivity contribution in [1.82, 2.24) is 5.32 Å². The van der Waals surface area contributed by atoms with Crippen LogP contribution in [0, 0.1) is 24.0 Å². The van der Waals surface area contributed by atoms with Crippen molar-refractivity contribution in [2.45, 2.75) is 13.8 Å². The SMILES string of the molecule is COc1cc([N+](=O)[O-])ccc1-c1ccc(/C=C2/C(=O)NC(=O)N(c3ccc(C)c(C)c3)C2=O)o1. The van der Waals surface area contributed by atoms with Gasteiger partial charge in [0.25, 0.3) is 17.5 Å². The number of nitro benzene ring substituents is 1. The number of nitrogens with one attached hydrogen (secondary N) is 1. The predicted molar refractivity (Wildman–Crippen MR) is 122 cm³/mol. The Kier molecular flexibility index (Phi) is 5.72. The number of benzene rings is 2. The summed E-state index contributed by atoms with van der Waals surface area (Å²) < 4.78 is 11.0. The van der Waals surface area contributed by atoms with Crippen molar-refractivity contribution in [2.75, 3.05) is 12.0 Å². The highest BCUT2D eigenvalue weighted by Crippen LogP contribution is 2.35. The van der Waals surface area contributed by atoms with Crippen molar-refractivity contribution >= 4 is 35.3 Å². The Morgan fingerprint density at radius 2 is 1.79 bits per heavy atom. The molecule has 3 aromatic rings. The maximum absolute atomic E-state index is 13.1. The van der Waals surface area contributed by atoms with Gasteiger partial charge in [-0.3, -0.25) is 25.0 Å². The van der Waals surface area contributed by atoms with E-state index in [0.29, 0.717) is 17.0 Å². The lowest BCUT2D eigenvalue weighted by Crippen LogP contribution is -2.54. The summed E-state index contributed by atoms with van der Waals surface area (Å²) in [6, 6.07) is 11.4. The number of ether oxygens (including phenoxy) is 1. The van der Waals surface area contributed by atoms with Crippen molar-refractivity contribution in [3.63, 3.8) is 0 Å². The smallest absolute Gasteiger partial charge is 0.335 e. The topological polar surface area (TPSA) is 132 Å². The number of non-ortho nitro benzene ring substituents is 1. The molecule has 4 rings (SSSR count). The molecule has 0 spiro atoms. The van der Waals surface area contributed by atoms with Gasteiger partial charge in [0.2, 0.25) is 0 Å². The summed E-state index contributed by atoms with van der Waals surface area (Å²) in [5.41, 5.74) is 2.23. The van der Waals surface area contributed by atoms with E-state index in [4.69, 9.17) is 9.15 Å². The molecule has 0 radical (unpaired) electrons. The quantitative estimate of drug-likeness (QED) is 0.261. The average molecular weight is 461 g/mol. The first-order valence-corrected chi connectivity index (χ1v) is 10.1. The maximum atomic E-state index is 13.1. The summed E-state index contributed by atoms with van der Waals surface area (Å²) in [4.78, 5) is 49.3. The number of furan rings is 1. The Morgan fingerprint density at radius 3 is 2.47 bits per heavy atom. The highest BCUT2D eigenvalue weighted by Gasteiger charge is 2.37. The third kappa shape index (κ3) is 4.04. The monoisotopic (exact) mass is 461 g/mol. The van der Waals surface area contributed by atoms with Crippen LogP contribution in [-0.4, -0.2) is 29.9 Å². The molecule has 1 aromatic heterocycles. The second-order valence-electron chi connectivity index (χ2n) is 7.57. The zero-order valence-electron chi connectivity index (χ0n) is 18.4. The van der Waals surface area contributed by atoms with Crippen LogP contribution in [0.1, 0.15) is 16.9 Å². The molecule has 0 saturated carbocycles. The number of carbonyl (C=O) groups is 3. The van der Waals surface area contributed by atoms with Gasteiger partial charge < -0.3 is 9.15 Å². The van der Waals surface area contributed by atoms with E-state index in [1.165, 1.54) is 37.5 Å². The average Bonchev–Trinajstić information content (AvgIpc) is 3.26. The number of hydrogen-bond acceptors (Lipinski definition) is 7. The number of hydrogen-bond donors (Lipinski definition) is 1. The maximum Gasteiger partial charge on any atom is 0.335 e. The van der Waals surface area contributed by atoms with Gasteiger partial charge in [0, 0.05) is 6.07 Å². The van der Waals surface area contributed by atoms with Gasteiger partial charge in [-0.15, -0.1) is 0 Å². The number of rotatable bonds is 5. The molecule has 0 bridgehead atoms. The lowest BCUT2D eigenvalue weighted by molar-refractivity contribution is -0.384. The fraction of sp³-hybridized carbons (Fsp3) is 0.125. The number of amides is 4. The molecule has 0 atom stereocenters. The molecule has 4 amide bonds. The van der Waals surface area contributed by atoms with Crippen LogP contribution in [0.15, 0.2) is 58.5 Å². The van der Waals surface area contributed by atoms with Gasteiger partial charge in [-0.1, -0.05) is 6.07 Å². The summed E-state index contributed by atoms with van der Waals surface area (Å²) in [5, 5.41) is 13.2. The molecule has 34 heavy (non-hydrogen) atoms. The third-order valence-electron chi connectivity index (χ3n) is 5.43. The minimum Gasteiger partial charge on any atom is -0.496 e. The van der Waals surface area contributed by atoms with Crippen molar-refractivity contribution in [2.24, 2.45) is 0 Å². The molecule has 0 aliphatic carbocycles. The number of urea groups is 1. The van der Waals surface area contributed by atoms with Crippen LogP contribution in [0.4, 0.5) is 16.2 Å². The van der Waals surface area contributed by atoms with E-state index < -0.39 is 22.8 Å². The largest absolute Gasteiger partial charge is 0.496 e. The zero-order chi connectivity index (χ0) is 24.6. The van der Waals surface area contributed by atoms with Gasteiger partial charge in [-0.05, 0) is 61.4 Å². The lowest BCUT2D eigenvalue weighted by Gasteiger charge is -2.26. The Labute approximate surface area is 193 Å². The molecule has 2 aromatic carbocycles. The molecule has 1 saturated heterocycles. The number of imide groups is 2. The summed E-state index contributed by atoms with van der Waals surface area (Å²) in [7, 11) is 1.37. The van der Waals surface area contributed by atoms with E-state index in [1.807, 2.05) is 13.8 Å². The van der Waals surface area contributed by atoms with Gasteiger partial charge in [0.1, 0.15) is 22.8 Å². The molecule has 10 heteroatoms. The number of methoxy groups -OCH3 is 1. The molecular weight excluding hydrogens is 442 g/mol. The molecular formula is C24H19N3O7. The van der Waals surface area contributed by atoms with Gasteiger partial charge in [-0.2, -0.15) is 0 Å². The van der Waals surface area contributed by atoms with Gasteiger partial charge in [0.05, 0.1) is 29.4 Å². The van der Waals surface area contributed by atoms with E-state index in [9.17, 15) is 24.5 Å². The van der Waals surface area contributed by atoms with Crippen LogP contribution in [0.2, 0.25) is 0 Å². The summed E-state index contributed by atoms with van der Waals surface area (Å²) in [5.74, 6) is -0.933. The predicted octanol–water partition coefficient (Wildman–Crippen LogP) is 4.15. The van der Waals surface area contributed by atoms with E-state index >= 15 is 0 Å². The summed E-state index contributed by atoms with van der Waals surface area (Å²) in [6.07, 6.45) is 1.24. The van der Waals surface area contributed by atoms with E-state index in [0.717, 1.165) is 16.0 Å². The third-order valence-corrected chi connectivity index (χ3v) is 5.43. The fourth-order valence-electron chi connectivity index (χ4n) is 3.47. The molecule has 2 heterocycles. The van der Waals surface area contributed by atoms with Crippen molar-refractivity contribution in [3.8, 4) is 17.1 Å². The van der Waals surface area contributed by atoms with Crippen molar-refractivity contribution in [3.05, 3.63) is 81.1 Å². The summed E-state index contributed by atoms with van der Waals surface area (Å²) in [6.45, 7) is 3.75. The lowest BCUT2D eigenvalue weighted by atomic mass is 10.1. The first-order chi connectivity index (χ1) is 16.2. The molecule has 1 aliphatic rings. The molecule has 10 nitrogen and oxygen atoms in total. The molecule has 1 aliphatic heterocycles. The standard InChI is InChI=1S/C24H19N3O7/c1-13-4-5-15(10-14(13)2)26-23(29)19(22(28)25-24(26)30)12-17-7-9-20(34-17)18-8-6-16(27(31)32)11-21(18)33-3/h4-12H,1-3H3,(H,25,28,30)/b19-12-. The first-order valence-electron chi connectivity index (χ1n) is 10.1.